The summed E-state index contributed by atoms with van der Waals surface area (Å²) < 4.78 is 2.39. The van der Waals surface area contributed by atoms with Crippen LogP contribution in [0.3, 0.4) is 0 Å². The lowest BCUT2D eigenvalue weighted by atomic mass is 10.0. The summed E-state index contributed by atoms with van der Waals surface area (Å²) in [4.78, 5) is 9.68. The third-order valence-corrected chi connectivity index (χ3v) is 6.23. The first-order chi connectivity index (χ1) is 15.4. The first-order valence-electron chi connectivity index (χ1n) is 10.4. The van der Waals surface area contributed by atoms with E-state index in [4.69, 9.17) is 9.97 Å². The van der Waals surface area contributed by atoms with E-state index in [-0.39, 0.29) is 0 Å². The van der Waals surface area contributed by atoms with Crippen molar-refractivity contribution in [3.8, 4) is 22.5 Å². The number of hydrogen-bond donors (Lipinski definition) is 0. The first kappa shape index (κ1) is 16.5. The van der Waals surface area contributed by atoms with Gasteiger partial charge in [0.25, 0.3) is 0 Å². The zero-order chi connectivity index (χ0) is 20.4. The van der Waals surface area contributed by atoms with E-state index < -0.39 is 0 Å². The van der Waals surface area contributed by atoms with E-state index in [9.17, 15) is 0 Å². The van der Waals surface area contributed by atoms with Crippen LogP contribution in [0.4, 0.5) is 0 Å². The Morgan fingerprint density at radius 2 is 0.871 bits per heavy atom. The molecule has 0 N–H and O–H groups in total. The van der Waals surface area contributed by atoms with Crippen LogP contribution in [0.5, 0.6) is 0 Å². The molecule has 0 aliphatic rings. The second kappa shape index (κ2) is 6.13. The summed E-state index contributed by atoms with van der Waals surface area (Å²) in [6.45, 7) is 0. The highest BCUT2D eigenvalue weighted by atomic mass is 15.0. The fourth-order valence-corrected chi connectivity index (χ4v) is 4.96. The van der Waals surface area contributed by atoms with Crippen molar-refractivity contribution in [3.63, 3.8) is 0 Å². The maximum atomic E-state index is 4.84. The van der Waals surface area contributed by atoms with Crippen molar-refractivity contribution in [1.82, 2.24) is 14.4 Å². The molecule has 0 unspecified atom stereocenters. The lowest BCUT2D eigenvalue weighted by Gasteiger charge is -2.08. The predicted octanol–water partition coefficient (Wildman–Crippen LogP) is 6.96. The van der Waals surface area contributed by atoms with Crippen LogP contribution < -0.4 is 0 Å². The monoisotopic (exact) mass is 395 g/mol. The van der Waals surface area contributed by atoms with Gasteiger partial charge in [-0.15, -0.1) is 0 Å². The molecule has 0 aliphatic carbocycles. The lowest BCUT2D eigenvalue weighted by Crippen LogP contribution is -1.92. The number of aromatic nitrogens is 3. The van der Waals surface area contributed by atoms with Gasteiger partial charge in [0.05, 0.1) is 27.9 Å². The number of para-hydroxylation sites is 1. The van der Waals surface area contributed by atoms with Crippen molar-refractivity contribution < 1.29 is 0 Å². The fraction of sp³-hybridized carbons (Fsp3) is 0. The van der Waals surface area contributed by atoms with Crippen molar-refractivity contribution in [2.24, 2.45) is 0 Å². The summed E-state index contributed by atoms with van der Waals surface area (Å²) in [5.74, 6) is 0. The van der Waals surface area contributed by atoms with Gasteiger partial charge in [-0.1, -0.05) is 78.9 Å². The summed E-state index contributed by atoms with van der Waals surface area (Å²) in [7, 11) is 0. The summed E-state index contributed by atoms with van der Waals surface area (Å²) in [5, 5.41) is 4.95. The van der Waals surface area contributed by atoms with Crippen LogP contribution in [0.2, 0.25) is 0 Å². The van der Waals surface area contributed by atoms with E-state index in [2.05, 4.69) is 83.3 Å². The highest BCUT2D eigenvalue weighted by Crippen LogP contribution is 2.43. The van der Waals surface area contributed by atoms with Crippen LogP contribution in [-0.4, -0.2) is 14.4 Å². The molecule has 4 aromatic heterocycles. The van der Waals surface area contributed by atoms with Crippen molar-refractivity contribution in [3.05, 3.63) is 103 Å². The van der Waals surface area contributed by atoms with Crippen molar-refractivity contribution in [2.75, 3.05) is 0 Å². The fourth-order valence-electron chi connectivity index (χ4n) is 4.96. The van der Waals surface area contributed by atoms with Gasteiger partial charge in [0.2, 0.25) is 0 Å². The number of benzene rings is 3. The Morgan fingerprint density at radius 3 is 1.35 bits per heavy atom. The molecule has 0 spiro atoms. The second-order valence-corrected chi connectivity index (χ2v) is 7.88. The topological polar surface area (TPSA) is 30.2 Å². The molecule has 4 heterocycles. The maximum absolute atomic E-state index is 4.84. The van der Waals surface area contributed by atoms with E-state index in [1.807, 2.05) is 24.5 Å². The van der Waals surface area contributed by atoms with E-state index in [0.29, 0.717) is 0 Å². The first-order valence-corrected chi connectivity index (χ1v) is 10.4. The third-order valence-electron chi connectivity index (χ3n) is 6.23. The number of pyridine rings is 2. The number of nitrogens with zero attached hydrogens (tertiary/aromatic N) is 3. The van der Waals surface area contributed by atoms with E-state index >= 15 is 0 Å². The van der Waals surface area contributed by atoms with Gasteiger partial charge in [-0.3, -0.25) is 9.97 Å². The molecule has 0 aliphatic heterocycles. The van der Waals surface area contributed by atoms with Crippen molar-refractivity contribution >= 4 is 38.1 Å². The van der Waals surface area contributed by atoms with Crippen LogP contribution in [-0.2, 0) is 0 Å². The molecular formula is C28H17N3. The molecular weight excluding hydrogens is 378 g/mol. The standard InChI is InChI=1S/C28H17N3/c1-3-8-18(9-4-1)24-27-22(14-16-29-24)20-12-7-13-21-23-15-17-30-25(19-10-5-2-6-11-19)28(23)31(27)26(20)21/h1-17H. The Bertz CT molecular complexity index is 1590. The smallest absolute Gasteiger partial charge is 0.0948 e. The van der Waals surface area contributed by atoms with Gasteiger partial charge in [-0.2, -0.15) is 0 Å². The van der Waals surface area contributed by atoms with Crippen LogP contribution >= 0.6 is 0 Å². The van der Waals surface area contributed by atoms with Gasteiger partial charge in [0.15, 0.2) is 0 Å². The average molecular weight is 395 g/mol. The second-order valence-electron chi connectivity index (χ2n) is 7.88. The molecule has 0 saturated heterocycles. The molecule has 144 valence electrons. The Hall–Kier alpha value is -4.24. The molecule has 0 radical (unpaired) electrons. The molecule has 3 aromatic carbocycles. The maximum Gasteiger partial charge on any atom is 0.0948 e. The molecule has 31 heavy (non-hydrogen) atoms. The Kier molecular flexibility index (Phi) is 3.27. The highest BCUT2D eigenvalue weighted by molar-refractivity contribution is 6.26. The molecule has 0 bridgehead atoms. The molecule has 0 saturated carbocycles. The van der Waals surface area contributed by atoms with Gasteiger partial charge in [-0.05, 0) is 12.1 Å². The number of hydrogen-bond acceptors (Lipinski definition) is 2. The van der Waals surface area contributed by atoms with Crippen molar-refractivity contribution in [2.45, 2.75) is 0 Å². The van der Waals surface area contributed by atoms with Gasteiger partial charge in [0, 0.05) is 45.1 Å². The predicted molar refractivity (Wildman–Crippen MR) is 128 cm³/mol. The van der Waals surface area contributed by atoms with Crippen LogP contribution in [0, 0.1) is 0 Å². The minimum atomic E-state index is 0.996. The van der Waals surface area contributed by atoms with Gasteiger partial charge in [0.1, 0.15) is 0 Å². The number of fused-ring (bicyclic) bond motifs is 6. The summed E-state index contributed by atoms with van der Waals surface area (Å²) in [6.07, 6.45) is 3.84. The van der Waals surface area contributed by atoms with E-state index in [1.54, 1.807) is 0 Å². The van der Waals surface area contributed by atoms with Gasteiger partial charge in [-0.25, -0.2) is 0 Å². The van der Waals surface area contributed by atoms with Gasteiger partial charge >= 0.3 is 0 Å². The van der Waals surface area contributed by atoms with Gasteiger partial charge < -0.3 is 4.40 Å². The highest BCUT2D eigenvalue weighted by Gasteiger charge is 2.22. The quantitative estimate of drug-likeness (QED) is 0.317. The molecule has 7 aromatic rings. The molecule has 0 fully saturated rings. The summed E-state index contributed by atoms with van der Waals surface area (Å²) in [6, 6.07) is 31.7. The molecule has 0 atom stereocenters. The molecule has 3 heteroatoms. The lowest BCUT2D eigenvalue weighted by molar-refractivity contribution is 1.27. The van der Waals surface area contributed by atoms with Crippen LogP contribution in [0.25, 0.3) is 60.6 Å². The Balaban J connectivity index is 1.78. The molecule has 7 rings (SSSR count). The van der Waals surface area contributed by atoms with Crippen molar-refractivity contribution in [1.29, 1.82) is 0 Å². The van der Waals surface area contributed by atoms with Crippen LogP contribution in [0.15, 0.2) is 103 Å². The Labute approximate surface area is 178 Å². The zero-order valence-corrected chi connectivity index (χ0v) is 16.7. The molecule has 0 amide bonds. The average Bonchev–Trinajstić information content (AvgIpc) is 3.37. The normalized spacial score (nSPS) is 11.9. The van der Waals surface area contributed by atoms with E-state index in [0.717, 1.165) is 33.5 Å². The minimum Gasteiger partial charge on any atom is -0.304 e. The van der Waals surface area contributed by atoms with E-state index in [1.165, 1.54) is 27.1 Å². The zero-order valence-electron chi connectivity index (χ0n) is 16.7. The SMILES string of the molecule is c1ccc(-c2nccc3c4cccc5c6ccnc(-c7ccccc7)c6n(c23)c45)cc1. The minimum absolute atomic E-state index is 0.996. The summed E-state index contributed by atoms with van der Waals surface area (Å²) >= 11 is 0. The summed E-state index contributed by atoms with van der Waals surface area (Å²) in [5.41, 5.74) is 7.74. The molecule has 3 nitrogen and oxygen atoms in total. The number of rotatable bonds is 2. The third kappa shape index (κ3) is 2.18. The van der Waals surface area contributed by atoms with Crippen LogP contribution in [0.1, 0.15) is 0 Å². The largest absolute Gasteiger partial charge is 0.304 e. The Morgan fingerprint density at radius 1 is 0.419 bits per heavy atom.